The fourth-order valence-electron chi connectivity index (χ4n) is 3.49. The van der Waals surface area contributed by atoms with Gasteiger partial charge in [0.1, 0.15) is 5.82 Å². The molecule has 0 saturated heterocycles. The number of H-pyrrole nitrogens is 1. The van der Waals surface area contributed by atoms with Crippen LogP contribution >= 0.6 is 0 Å². The summed E-state index contributed by atoms with van der Waals surface area (Å²) in [6.45, 7) is 16.0. The van der Waals surface area contributed by atoms with Crippen LogP contribution in [0.4, 0.5) is 0 Å². The second-order valence-electron chi connectivity index (χ2n) is 7.28. The number of hydrogen-bond acceptors (Lipinski definition) is 3. The first kappa shape index (κ1) is 15.2. The minimum absolute atomic E-state index is 0.0238. The molecule has 1 fully saturated rings. The van der Waals surface area contributed by atoms with Crippen LogP contribution in [0.3, 0.4) is 0 Å². The number of nitrogens with one attached hydrogen (secondary N) is 2. The lowest BCUT2D eigenvalue weighted by Gasteiger charge is -2.16. The third kappa shape index (κ3) is 2.30. The van der Waals surface area contributed by atoms with Gasteiger partial charge in [0.15, 0.2) is 0 Å². The lowest BCUT2D eigenvalue weighted by atomic mass is 10.0. The van der Waals surface area contributed by atoms with E-state index >= 15 is 0 Å². The molecule has 4 nitrogen and oxygen atoms in total. The summed E-state index contributed by atoms with van der Waals surface area (Å²) < 4.78 is 0. The average molecular weight is 277 g/mol. The van der Waals surface area contributed by atoms with Gasteiger partial charge in [-0.1, -0.05) is 27.7 Å². The van der Waals surface area contributed by atoms with E-state index in [1.54, 1.807) is 0 Å². The topological polar surface area (TPSA) is 57.8 Å². The van der Waals surface area contributed by atoms with Crippen molar-refractivity contribution in [2.45, 2.75) is 54.5 Å². The zero-order chi connectivity index (χ0) is 15.3. The Labute approximate surface area is 121 Å². The van der Waals surface area contributed by atoms with Crippen molar-refractivity contribution < 1.29 is 0 Å². The maximum atomic E-state index is 12.1. The fraction of sp³-hybridized carbons (Fsp3) is 0.750. The Balaban J connectivity index is 2.08. The monoisotopic (exact) mass is 277 g/mol. The van der Waals surface area contributed by atoms with Gasteiger partial charge in [0.05, 0.1) is 5.56 Å². The van der Waals surface area contributed by atoms with Crippen molar-refractivity contribution in [3.05, 3.63) is 27.4 Å². The Kier molecular flexibility index (Phi) is 3.57. The van der Waals surface area contributed by atoms with Crippen LogP contribution in [0.25, 0.3) is 0 Å². The first-order chi connectivity index (χ1) is 9.09. The van der Waals surface area contributed by atoms with Crippen LogP contribution in [0.15, 0.2) is 4.79 Å². The summed E-state index contributed by atoms with van der Waals surface area (Å²) in [5.41, 5.74) is 2.29. The molecule has 1 heterocycles. The summed E-state index contributed by atoms with van der Waals surface area (Å²) in [5.74, 6) is 1.32. The molecule has 1 aliphatic rings. The molecule has 0 spiro atoms. The molecule has 20 heavy (non-hydrogen) atoms. The fourth-order valence-corrected chi connectivity index (χ4v) is 3.49. The van der Waals surface area contributed by atoms with Crippen LogP contribution in [0.2, 0.25) is 0 Å². The van der Waals surface area contributed by atoms with Crippen molar-refractivity contribution in [1.82, 2.24) is 15.3 Å². The number of aromatic amines is 1. The van der Waals surface area contributed by atoms with Crippen LogP contribution in [0.1, 0.15) is 57.7 Å². The third-order valence-corrected chi connectivity index (χ3v) is 5.65. The Morgan fingerprint density at radius 3 is 2.25 bits per heavy atom. The normalized spacial score (nSPS) is 21.8. The predicted octanol–water partition coefficient (Wildman–Crippen LogP) is 2.72. The van der Waals surface area contributed by atoms with E-state index in [0.717, 1.165) is 17.8 Å². The van der Waals surface area contributed by atoms with Crippen molar-refractivity contribution in [2.75, 3.05) is 6.54 Å². The molecule has 1 aliphatic carbocycles. The summed E-state index contributed by atoms with van der Waals surface area (Å²) in [4.78, 5) is 19.2. The molecule has 112 valence electrons. The molecule has 0 bridgehead atoms. The lowest BCUT2D eigenvalue weighted by molar-refractivity contribution is 0.457. The van der Waals surface area contributed by atoms with E-state index in [9.17, 15) is 4.79 Å². The summed E-state index contributed by atoms with van der Waals surface area (Å²) in [6.07, 6.45) is 0. The van der Waals surface area contributed by atoms with E-state index < -0.39 is 0 Å². The van der Waals surface area contributed by atoms with E-state index in [1.807, 2.05) is 20.8 Å². The Morgan fingerprint density at radius 1 is 1.25 bits per heavy atom. The van der Waals surface area contributed by atoms with Gasteiger partial charge in [0, 0.05) is 11.7 Å². The van der Waals surface area contributed by atoms with Crippen LogP contribution in [0, 0.1) is 30.6 Å². The molecule has 0 radical (unpaired) electrons. The van der Waals surface area contributed by atoms with E-state index in [4.69, 9.17) is 0 Å². The number of aryl methyl sites for hydroxylation is 2. The molecule has 1 saturated carbocycles. The lowest BCUT2D eigenvalue weighted by Crippen LogP contribution is -2.30. The molecule has 0 aromatic carbocycles. The summed E-state index contributed by atoms with van der Waals surface area (Å²) in [5, 5.41) is 3.51. The van der Waals surface area contributed by atoms with Crippen LogP contribution in [-0.2, 0) is 0 Å². The van der Waals surface area contributed by atoms with Gasteiger partial charge in [-0.2, -0.15) is 0 Å². The second-order valence-corrected chi connectivity index (χ2v) is 7.28. The van der Waals surface area contributed by atoms with Gasteiger partial charge in [-0.25, -0.2) is 4.98 Å². The highest BCUT2D eigenvalue weighted by Gasteiger charge is 2.63. The molecule has 1 aromatic heterocycles. The highest BCUT2D eigenvalue weighted by molar-refractivity contribution is 5.20. The molecule has 1 unspecified atom stereocenters. The highest BCUT2D eigenvalue weighted by atomic mass is 16.1. The molecular weight excluding hydrogens is 250 g/mol. The quantitative estimate of drug-likeness (QED) is 0.889. The Morgan fingerprint density at radius 2 is 1.80 bits per heavy atom. The second kappa shape index (κ2) is 4.69. The molecule has 0 amide bonds. The molecule has 2 N–H and O–H groups in total. The molecule has 1 atom stereocenters. The number of nitrogens with zero attached hydrogens (tertiary/aromatic N) is 1. The van der Waals surface area contributed by atoms with Gasteiger partial charge in [-0.05, 0) is 44.1 Å². The summed E-state index contributed by atoms with van der Waals surface area (Å²) in [7, 11) is 0. The van der Waals surface area contributed by atoms with E-state index in [1.165, 1.54) is 0 Å². The van der Waals surface area contributed by atoms with E-state index in [0.29, 0.717) is 22.6 Å². The molecule has 2 rings (SSSR count). The van der Waals surface area contributed by atoms with Crippen molar-refractivity contribution in [1.29, 1.82) is 0 Å². The SMILES string of the molecule is Cc1nc(C)c(C(C)NCC2C(C)(C)C2(C)C)c(=O)[nH]1. The summed E-state index contributed by atoms with van der Waals surface area (Å²) >= 11 is 0. The standard InChI is InChI=1S/C16H27N3O/c1-9(13-10(2)18-11(3)19-14(13)20)17-8-12-15(4,5)16(12,6)7/h9,12,17H,8H2,1-7H3,(H,18,19,20). The van der Waals surface area contributed by atoms with Crippen LogP contribution in [-0.4, -0.2) is 16.5 Å². The minimum Gasteiger partial charge on any atom is -0.310 e. The number of rotatable bonds is 4. The largest absolute Gasteiger partial charge is 0.310 e. The zero-order valence-electron chi connectivity index (χ0n) is 13.7. The van der Waals surface area contributed by atoms with Gasteiger partial charge in [0.2, 0.25) is 0 Å². The molecule has 0 aliphatic heterocycles. The van der Waals surface area contributed by atoms with Crippen molar-refractivity contribution in [3.63, 3.8) is 0 Å². The van der Waals surface area contributed by atoms with Gasteiger partial charge < -0.3 is 10.3 Å². The van der Waals surface area contributed by atoms with Gasteiger partial charge in [0.25, 0.3) is 5.56 Å². The molecule has 1 aromatic rings. The zero-order valence-corrected chi connectivity index (χ0v) is 13.7. The number of aromatic nitrogens is 2. The van der Waals surface area contributed by atoms with Crippen molar-refractivity contribution in [2.24, 2.45) is 16.7 Å². The maximum Gasteiger partial charge on any atom is 0.255 e. The van der Waals surface area contributed by atoms with Crippen molar-refractivity contribution >= 4 is 0 Å². The van der Waals surface area contributed by atoms with Gasteiger partial charge in [-0.15, -0.1) is 0 Å². The Bertz CT molecular complexity index is 558. The highest BCUT2D eigenvalue weighted by Crippen LogP contribution is 2.68. The third-order valence-electron chi connectivity index (χ3n) is 5.65. The van der Waals surface area contributed by atoms with E-state index in [-0.39, 0.29) is 11.6 Å². The first-order valence-electron chi connectivity index (χ1n) is 7.40. The molecular formula is C16H27N3O. The molecule has 4 heteroatoms. The van der Waals surface area contributed by atoms with Crippen LogP contribution in [0.5, 0.6) is 0 Å². The minimum atomic E-state index is -0.0238. The summed E-state index contributed by atoms with van der Waals surface area (Å²) in [6, 6.07) is 0.0269. The first-order valence-corrected chi connectivity index (χ1v) is 7.40. The van der Waals surface area contributed by atoms with Crippen molar-refractivity contribution in [3.8, 4) is 0 Å². The smallest absolute Gasteiger partial charge is 0.255 e. The predicted molar refractivity (Wildman–Crippen MR) is 81.8 cm³/mol. The Hall–Kier alpha value is -1.16. The number of hydrogen-bond donors (Lipinski definition) is 2. The van der Waals surface area contributed by atoms with Crippen LogP contribution < -0.4 is 10.9 Å². The van der Waals surface area contributed by atoms with Gasteiger partial charge in [-0.3, -0.25) is 4.79 Å². The van der Waals surface area contributed by atoms with Gasteiger partial charge >= 0.3 is 0 Å². The van der Waals surface area contributed by atoms with E-state index in [2.05, 4.69) is 43.0 Å². The average Bonchev–Trinajstić information content (AvgIpc) is 2.65. The maximum absolute atomic E-state index is 12.1.